The van der Waals surface area contributed by atoms with Crippen molar-refractivity contribution in [3.63, 3.8) is 0 Å². The number of nitroso groups, excluding NO2 is 1. The van der Waals surface area contributed by atoms with Crippen LogP contribution < -0.4 is 21.5 Å². The Hall–Kier alpha value is -2.52. The Labute approximate surface area is 224 Å². The van der Waals surface area contributed by atoms with Gasteiger partial charge in [0.1, 0.15) is 5.59 Å². The maximum atomic E-state index is 9.75. The summed E-state index contributed by atoms with van der Waals surface area (Å²) in [6.07, 6.45) is 10.4. The minimum absolute atomic E-state index is 0. The minimum atomic E-state index is -6.00. The summed E-state index contributed by atoms with van der Waals surface area (Å²) in [6.45, 7) is 0. The van der Waals surface area contributed by atoms with Crippen molar-refractivity contribution in [1.29, 1.82) is 0 Å². The van der Waals surface area contributed by atoms with Gasteiger partial charge in [-0.05, 0) is 55.9 Å². The van der Waals surface area contributed by atoms with Crippen LogP contribution in [0.15, 0.2) is 91.0 Å². The topological polar surface area (TPSA) is 73.5 Å². The van der Waals surface area contributed by atoms with E-state index in [0.717, 1.165) is 0 Å². The van der Waals surface area contributed by atoms with E-state index in [0.29, 0.717) is 0 Å². The van der Waals surface area contributed by atoms with Crippen molar-refractivity contribution in [2.75, 3.05) is 0 Å². The van der Waals surface area contributed by atoms with Crippen LogP contribution in [-0.2, 0) is 30.0 Å². The zero-order valence-corrected chi connectivity index (χ0v) is 22.4. The first-order valence-electron chi connectivity index (χ1n) is 9.93. The molecule has 0 atom stereocenters. The monoisotopic (exact) mass is 689 g/mol. The molecule has 0 unspecified atom stereocenters. The average Bonchev–Trinajstić information content (AvgIpc) is 3.47. The molecule has 0 aliphatic heterocycles. The van der Waals surface area contributed by atoms with E-state index < -0.39 is 15.2 Å². The maximum absolute atomic E-state index is 9.75. The Morgan fingerprint density at radius 3 is 0.889 bits per heavy atom. The van der Waals surface area contributed by atoms with E-state index in [1.54, 1.807) is 0 Å². The SMILES string of the molecule is F[B-](F)(F)F.O=CC=O.[CH]1[CH][CH][CH][CH]1.[N]=O.[Re].c1ccc(P(c2ccccc2)c2ccccc2)cc1. The van der Waals surface area contributed by atoms with Crippen LogP contribution in [0.5, 0.6) is 0 Å². The van der Waals surface area contributed by atoms with Gasteiger partial charge in [0.25, 0.3) is 0 Å². The smallest absolute Gasteiger partial charge is 0.418 e. The molecule has 0 aromatic heterocycles. The second-order valence-corrected chi connectivity index (χ2v) is 8.29. The molecule has 4 nitrogen and oxygen atoms in total. The van der Waals surface area contributed by atoms with Crippen molar-refractivity contribution in [3.05, 3.63) is 128 Å². The minimum Gasteiger partial charge on any atom is -0.418 e. The molecule has 4 rings (SSSR count). The molecule has 1 aliphatic rings. The molecule has 11 heteroatoms. The van der Waals surface area contributed by atoms with E-state index in [4.69, 9.17) is 20.1 Å². The van der Waals surface area contributed by atoms with E-state index in [1.807, 2.05) is 32.1 Å². The average molecular weight is 688 g/mol. The number of halogens is 4. The Kier molecular flexibility index (Phi) is 22.7. The molecule has 0 saturated heterocycles. The summed E-state index contributed by atoms with van der Waals surface area (Å²) >= 11 is 0. The molecule has 0 amide bonds. The van der Waals surface area contributed by atoms with E-state index >= 15 is 0 Å². The number of aldehydes is 2. The van der Waals surface area contributed by atoms with Gasteiger partial charge in [-0.3, -0.25) is 9.59 Å². The van der Waals surface area contributed by atoms with Gasteiger partial charge in [-0.2, -0.15) is 0 Å². The van der Waals surface area contributed by atoms with Gasteiger partial charge in [0.05, 0.1) is 0 Å². The molecule has 3 aromatic rings. The summed E-state index contributed by atoms with van der Waals surface area (Å²) < 4.78 is 39.0. The number of benzene rings is 3. The Balaban J connectivity index is 0. The number of hydrogen-bond acceptors (Lipinski definition) is 3. The normalized spacial score (nSPS) is 11.2. The molecule has 7 radical (unpaired) electrons. The van der Waals surface area contributed by atoms with Gasteiger partial charge in [-0.1, -0.05) is 91.0 Å². The van der Waals surface area contributed by atoms with Crippen molar-refractivity contribution < 1.29 is 47.3 Å². The van der Waals surface area contributed by atoms with Crippen molar-refractivity contribution in [3.8, 4) is 0 Å². The fourth-order valence-electron chi connectivity index (χ4n) is 2.50. The maximum Gasteiger partial charge on any atom is 0.673 e. The zero-order chi connectivity index (χ0) is 26.4. The predicted molar refractivity (Wildman–Crippen MR) is 134 cm³/mol. The molecule has 0 N–H and O–H groups in total. The molecule has 36 heavy (non-hydrogen) atoms. The largest absolute Gasteiger partial charge is 0.673 e. The van der Waals surface area contributed by atoms with Gasteiger partial charge < -0.3 is 17.3 Å². The van der Waals surface area contributed by atoms with Crippen LogP contribution in [0.2, 0.25) is 0 Å². The van der Waals surface area contributed by atoms with Crippen molar-refractivity contribution >= 4 is 43.7 Å². The second kappa shape index (κ2) is 22.9. The van der Waals surface area contributed by atoms with Gasteiger partial charge in [0.2, 0.25) is 0 Å². The van der Waals surface area contributed by atoms with Crippen LogP contribution >= 0.6 is 7.92 Å². The number of nitrogens with zero attached hydrogens (tertiary/aromatic N) is 1. The van der Waals surface area contributed by atoms with Crippen LogP contribution in [0.25, 0.3) is 0 Å². The van der Waals surface area contributed by atoms with Crippen LogP contribution in [-0.4, -0.2) is 19.8 Å². The molecular weight excluding hydrogens is 666 g/mol. The molecule has 1 saturated carbocycles. The molecule has 3 aromatic carbocycles. The molecule has 0 bridgehead atoms. The molecule has 0 spiro atoms. The molecular formula is C25H22BF4NO3PRe-. The summed E-state index contributed by atoms with van der Waals surface area (Å²) in [5.74, 6) is 0. The summed E-state index contributed by atoms with van der Waals surface area (Å²) in [5.41, 5.74) is 5.75. The van der Waals surface area contributed by atoms with Crippen LogP contribution in [0.4, 0.5) is 17.3 Å². The van der Waals surface area contributed by atoms with Crippen molar-refractivity contribution in [1.82, 2.24) is 5.59 Å². The Morgan fingerprint density at radius 2 is 0.722 bits per heavy atom. The van der Waals surface area contributed by atoms with E-state index in [9.17, 15) is 17.3 Å². The molecule has 1 fully saturated rings. The summed E-state index contributed by atoms with van der Waals surface area (Å²) in [6, 6.07) is 32.3. The van der Waals surface area contributed by atoms with Gasteiger partial charge in [0.15, 0.2) is 12.6 Å². The fraction of sp³-hybridized carbons (Fsp3) is 0. The standard InChI is InChI=1S/C18H15P.C5H5.C2H2O2.BF4.NO.Re/c1-4-10-16(11-5-1)19(17-12-6-2-7-13-17)18-14-8-3-9-15-18;1-2-4-5-3-1;3-1-2-4;2-1(3,4)5;1-2;/h1-15H;1-5H;1-2H;;;/q;;;-1;;. The van der Waals surface area contributed by atoms with Gasteiger partial charge in [-0.25, -0.2) is 0 Å². The number of carbonyl (C=O) groups is 2. The zero-order valence-electron chi connectivity index (χ0n) is 18.8. The number of carbonyl (C=O) groups excluding carboxylic acids is 2. The van der Waals surface area contributed by atoms with E-state index in [2.05, 4.69) is 91.0 Å². The van der Waals surface area contributed by atoms with Gasteiger partial charge >= 0.3 is 7.25 Å². The van der Waals surface area contributed by atoms with E-state index in [1.165, 1.54) is 15.9 Å². The molecule has 1 aliphatic carbocycles. The van der Waals surface area contributed by atoms with Crippen molar-refractivity contribution in [2.45, 2.75) is 0 Å². The number of rotatable bonds is 4. The summed E-state index contributed by atoms with van der Waals surface area (Å²) in [5, 5.41) is 4.19. The van der Waals surface area contributed by atoms with Gasteiger partial charge in [-0.15, -0.1) is 4.91 Å². The van der Waals surface area contributed by atoms with Crippen LogP contribution in [0.1, 0.15) is 0 Å². The predicted octanol–water partition coefficient (Wildman–Crippen LogP) is 4.70. The third-order valence-electron chi connectivity index (χ3n) is 3.65. The summed E-state index contributed by atoms with van der Waals surface area (Å²) in [4.78, 5) is 24.9. The first-order valence-corrected chi connectivity index (χ1v) is 11.3. The third kappa shape index (κ3) is 18.8. The Bertz CT molecular complexity index is 809. The first-order chi connectivity index (χ1) is 16.9. The first kappa shape index (κ1) is 35.6. The van der Waals surface area contributed by atoms with Crippen molar-refractivity contribution in [2.24, 2.45) is 0 Å². The summed E-state index contributed by atoms with van der Waals surface area (Å²) in [7, 11) is -6.45. The molecule has 0 heterocycles. The van der Waals surface area contributed by atoms with Crippen LogP contribution in [0.3, 0.4) is 0 Å². The fourth-order valence-corrected chi connectivity index (χ4v) is 4.80. The quantitative estimate of drug-likeness (QED) is 0.131. The molecule has 189 valence electrons. The number of hydrogen-bond donors (Lipinski definition) is 0. The van der Waals surface area contributed by atoms with Crippen LogP contribution in [0, 0.1) is 37.0 Å². The van der Waals surface area contributed by atoms with E-state index in [-0.39, 0.29) is 33.0 Å². The van der Waals surface area contributed by atoms with Gasteiger partial charge in [0, 0.05) is 20.4 Å². The second-order valence-electron chi connectivity index (χ2n) is 6.07. The third-order valence-corrected chi connectivity index (χ3v) is 6.10. The Morgan fingerprint density at radius 1 is 0.528 bits per heavy atom.